The van der Waals surface area contributed by atoms with Gasteiger partial charge in [0.1, 0.15) is 17.3 Å². The number of nitrogens with zero attached hydrogens (tertiary/aromatic N) is 2. The van der Waals surface area contributed by atoms with E-state index in [1.54, 1.807) is 42.6 Å². The molecular weight excluding hydrogens is 435 g/mol. The van der Waals surface area contributed by atoms with Crippen LogP contribution in [0.3, 0.4) is 0 Å². The standard InChI is InChI=1S/C24H18Cl2N2O3/c25-19-11-15(4-6-21(19)29)9-17-13-28(23-3-1-2-8-27-23)14-18(24(17)31)10-16-5-7-22(30)20(26)12-16/h1-12,29-30H,13-14H2. The van der Waals surface area contributed by atoms with E-state index >= 15 is 0 Å². The van der Waals surface area contributed by atoms with Gasteiger partial charge in [0.2, 0.25) is 0 Å². The number of Topliss-reactive ketones (excluding diaryl/α,β-unsaturated/α-hetero) is 1. The van der Waals surface area contributed by atoms with Crippen LogP contribution in [0.15, 0.2) is 71.9 Å². The second-order valence-electron chi connectivity index (χ2n) is 7.13. The first-order chi connectivity index (χ1) is 14.9. The van der Waals surface area contributed by atoms with Crippen LogP contribution in [-0.2, 0) is 4.79 Å². The SMILES string of the molecule is O=C1C(=Cc2ccc(O)c(Cl)c2)CN(c2ccccn2)CC1=Cc1ccc(O)c(Cl)c1. The second kappa shape index (κ2) is 8.84. The van der Waals surface area contributed by atoms with Crippen LogP contribution < -0.4 is 4.90 Å². The maximum atomic E-state index is 13.3. The van der Waals surface area contributed by atoms with Crippen LogP contribution in [-0.4, -0.2) is 34.1 Å². The van der Waals surface area contributed by atoms with Crippen LogP contribution in [0.5, 0.6) is 11.5 Å². The van der Waals surface area contributed by atoms with Crippen LogP contribution in [0.25, 0.3) is 12.2 Å². The molecule has 2 aromatic carbocycles. The van der Waals surface area contributed by atoms with Gasteiger partial charge in [-0.25, -0.2) is 4.98 Å². The number of hydrogen-bond donors (Lipinski definition) is 2. The molecule has 1 fully saturated rings. The van der Waals surface area contributed by atoms with E-state index in [1.807, 2.05) is 23.1 Å². The molecule has 0 aliphatic carbocycles. The van der Waals surface area contributed by atoms with Gasteiger partial charge in [-0.05, 0) is 59.7 Å². The Morgan fingerprint density at radius 1 is 0.839 bits per heavy atom. The largest absolute Gasteiger partial charge is 0.506 e. The van der Waals surface area contributed by atoms with Gasteiger partial charge in [-0.2, -0.15) is 0 Å². The van der Waals surface area contributed by atoms with Gasteiger partial charge in [0.25, 0.3) is 0 Å². The molecule has 1 saturated heterocycles. The van der Waals surface area contributed by atoms with Crippen molar-refractivity contribution in [2.24, 2.45) is 0 Å². The summed E-state index contributed by atoms with van der Waals surface area (Å²) in [5, 5.41) is 19.8. The predicted octanol–water partition coefficient (Wildman–Crippen LogP) is 5.36. The number of benzene rings is 2. The lowest BCUT2D eigenvalue weighted by Gasteiger charge is -2.30. The number of pyridine rings is 1. The van der Waals surface area contributed by atoms with Crippen LogP contribution in [0.2, 0.25) is 10.0 Å². The van der Waals surface area contributed by atoms with Gasteiger partial charge >= 0.3 is 0 Å². The van der Waals surface area contributed by atoms with Crippen molar-refractivity contribution in [3.8, 4) is 11.5 Å². The Kier molecular flexibility index (Phi) is 5.98. The van der Waals surface area contributed by atoms with Crippen LogP contribution in [0.1, 0.15) is 11.1 Å². The molecule has 4 rings (SSSR count). The van der Waals surface area contributed by atoms with E-state index in [4.69, 9.17) is 23.2 Å². The smallest absolute Gasteiger partial charge is 0.188 e. The first-order valence-electron chi connectivity index (χ1n) is 9.49. The molecule has 0 spiro atoms. The number of aromatic nitrogens is 1. The first-order valence-corrected chi connectivity index (χ1v) is 10.2. The molecule has 3 aromatic rings. The third-order valence-corrected chi connectivity index (χ3v) is 5.51. The summed E-state index contributed by atoms with van der Waals surface area (Å²) in [5.74, 6) is 0.622. The van der Waals surface area contributed by atoms with E-state index in [2.05, 4.69) is 4.98 Å². The van der Waals surface area contributed by atoms with Crippen molar-refractivity contribution in [1.29, 1.82) is 0 Å². The zero-order valence-corrected chi connectivity index (χ0v) is 17.8. The maximum absolute atomic E-state index is 13.3. The van der Waals surface area contributed by atoms with Gasteiger partial charge in [0, 0.05) is 30.4 Å². The number of halogens is 2. The first kappa shape index (κ1) is 21.0. The topological polar surface area (TPSA) is 73.7 Å². The molecule has 0 unspecified atom stereocenters. The zero-order chi connectivity index (χ0) is 22.0. The Hall–Kier alpha value is -3.28. The van der Waals surface area contributed by atoms with Gasteiger partial charge in [-0.15, -0.1) is 0 Å². The Morgan fingerprint density at radius 2 is 1.39 bits per heavy atom. The molecule has 31 heavy (non-hydrogen) atoms. The summed E-state index contributed by atoms with van der Waals surface area (Å²) in [4.78, 5) is 19.7. The number of aromatic hydroxyl groups is 2. The quantitative estimate of drug-likeness (QED) is 0.523. The van der Waals surface area contributed by atoms with Gasteiger partial charge in [0.05, 0.1) is 10.0 Å². The molecule has 1 aromatic heterocycles. The van der Waals surface area contributed by atoms with E-state index in [-0.39, 0.29) is 27.3 Å². The number of carbonyl (C=O) groups is 1. The Labute approximate surface area is 189 Å². The van der Waals surface area contributed by atoms with Gasteiger partial charge < -0.3 is 15.1 Å². The third kappa shape index (κ3) is 4.74. The molecule has 0 amide bonds. The van der Waals surface area contributed by atoms with Gasteiger partial charge in [-0.3, -0.25) is 4.79 Å². The molecule has 1 aliphatic rings. The van der Waals surface area contributed by atoms with E-state index in [0.717, 1.165) is 5.82 Å². The van der Waals surface area contributed by atoms with Crippen molar-refractivity contribution >= 4 is 47.0 Å². The van der Waals surface area contributed by atoms with Crippen molar-refractivity contribution in [2.75, 3.05) is 18.0 Å². The number of ketones is 1. The summed E-state index contributed by atoms with van der Waals surface area (Å²) < 4.78 is 0. The summed E-state index contributed by atoms with van der Waals surface area (Å²) >= 11 is 12.1. The Bertz CT molecular complexity index is 1130. The summed E-state index contributed by atoms with van der Waals surface area (Å²) in [6.07, 6.45) is 5.23. The Balaban J connectivity index is 1.76. The van der Waals surface area contributed by atoms with Crippen molar-refractivity contribution in [3.05, 3.63) is 93.1 Å². The van der Waals surface area contributed by atoms with Gasteiger partial charge in [-0.1, -0.05) is 41.4 Å². The molecule has 1 aliphatic heterocycles. The molecule has 2 N–H and O–H groups in total. The van der Waals surface area contributed by atoms with E-state index in [9.17, 15) is 15.0 Å². The van der Waals surface area contributed by atoms with Gasteiger partial charge in [0.15, 0.2) is 5.78 Å². The fraction of sp³-hybridized carbons (Fsp3) is 0.0833. The molecule has 5 nitrogen and oxygen atoms in total. The highest BCUT2D eigenvalue weighted by atomic mass is 35.5. The summed E-state index contributed by atoms with van der Waals surface area (Å²) in [6.45, 7) is 0.754. The lowest BCUT2D eigenvalue weighted by molar-refractivity contribution is -0.112. The van der Waals surface area contributed by atoms with E-state index < -0.39 is 0 Å². The average molecular weight is 453 g/mol. The fourth-order valence-electron chi connectivity index (χ4n) is 3.37. The monoisotopic (exact) mass is 452 g/mol. The maximum Gasteiger partial charge on any atom is 0.188 e. The minimum absolute atomic E-state index is 0.0151. The lowest BCUT2D eigenvalue weighted by Crippen LogP contribution is -2.38. The number of piperidine rings is 1. The van der Waals surface area contributed by atoms with Crippen LogP contribution >= 0.6 is 23.2 Å². The number of hydrogen-bond acceptors (Lipinski definition) is 5. The van der Waals surface area contributed by atoms with Crippen LogP contribution in [0, 0.1) is 0 Å². The number of rotatable bonds is 3. The number of phenolic OH excluding ortho intramolecular Hbond substituents is 2. The lowest BCUT2D eigenvalue weighted by atomic mass is 9.94. The zero-order valence-electron chi connectivity index (χ0n) is 16.3. The molecule has 2 heterocycles. The third-order valence-electron chi connectivity index (χ3n) is 4.90. The fourth-order valence-corrected chi connectivity index (χ4v) is 3.75. The molecule has 0 saturated carbocycles. The summed E-state index contributed by atoms with van der Waals surface area (Å²) in [6, 6.07) is 15.2. The van der Waals surface area contributed by atoms with E-state index in [0.29, 0.717) is 35.4 Å². The number of phenols is 2. The Morgan fingerprint density at radius 3 is 1.84 bits per heavy atom. The van der Waals surface area contributed by atoms with Crippen molar-refractivity contribution in [3.63, 3.8) is 0 Å². The van der Waals surface area contributed by atoms with Crippen molar-refractivity contribution in [2.45, 2.75) is 0 Å². The number of carbonyl (C=O) groups excluding carboxylic acids is 1. The minimum atomic E-state index is -0.0967. The molecule has 7 heteroatoms. The molecule has 0 bridgehead atoms. The second-order valence-corrected chi connectivity index (χ2v) is 7.95. The van der Waals surface area contributed by atoms with Crippen molar-refractivity contribution < 1.29 is 15.0 Å². The molecule has 0 atom stereocenters. The molecular formula is C24H18Cl2N2O3. The summed E-state index contributed by atoms with van der Waals surface area (Å²) in [5.41, 5.74) is 2.55. The highest BCUT2D eigenvalue weighted by Gasteiger charge is 2.27. The summed E-state index contributed by atoms with van der Waals surface area (Å²) in [7, 11) is 0. The normalized spacial score (nSPS) is 16.8. The minimum Gasteiger partial charge on any atom is -0.506 e. The molecule has 156 valence electrons. The predicted molar refractivity (Wildman–Crippen MR) is 124 cm³/mol. The number of anilines is 1. The van der Waals surface area contributed by atoms with Crippen LogP contribution in [0.4, 0.5) is 5.82 Å². The van der Waals surface area contributed by atoms with E-state index in [1.165, 1.54) is 12.1 Å². The molecule has 0 radical (unpaired) electrons. The highest BCUT2D eigenvalue weighted by molar-refractivity contribution is 6.32. The average Bonchev–Trinajstić information content (AvgIpc) is 2.76. The highest BCUT2D eigenvalue weighted by Crippen LogP contribution is 2.29. The van der Waals surface area contributed by atoms with Crippen molar-refractivity contribution in [1.82, 2.24) is 4.98 Å².